The molecule has 116 valence electrons. The lowest BCUT2D eigenvalue weighted by Crippen LogP contribution is -2.43. The highest BCUT2D eigenvalue weighted by Crippen LogP contribution is 2.23. The van der Waals surface area contributed by atoms with Crippen molar-refractivity contribution in [2.24, 2.45) is 7.05 Å². The first-order valence-corrected chi connectivity index (χ1v) is 8.71. The molecule has 0 spiro atoms. The van der Waals surface area contributed by atoms with E-state index in [4.69, 9.17) is 0 Å². The minimum Gasteiger partial charge on any atom is -0.479 e. The zero-order valence-corrected chi connectivity index (χ0v) is 13.2. The second-order valence-electron chi connectivity index (χ2n) is 4.64. The van der Waals surface area contributed by atoms with Gasteiger partial charge in [0.25, 0.3) is 0 Å². The van der Waals surface area contributed by atoms with Gasteiger partial charge in [0.05, 0.1) is 6.20 Å². The molecule has 1 saturated heterocycles. The van der Waals surface area contributed by atoms with Gasteiger partial charge in [0.2, 0.25) is 0 Å². The van der Waals surface area contributed by atoms with Crippen molar-refractivity contribution in [3.63, 3.8) is 0 Å². The number of carbonyl (C=O) groups is 2. The molecule has 0 bridgehead atoms. The molecule has 2 unspecified atom stereocenters. The Morgan fingerprint density at radius 3 is 2.95 bits per heavy atom. The summed E-state index contributed by atoms with van der Waals surface area (Å²) in [6.07, 6.45) is 3.01. The topological polar surface area (TPSA) is 96.2 Å². The van der Waals surface area contributed by atoms with Crippen LogP contribution in [0.25, 0.3) is 0 Å². The largest absolute Gasteiger partial charge is 0.479 e. The van der Waals surface area contributed by atoms with Crippen LogP contribution in [0.1, 0.15) is 11.6 Å². The van der Waals surface area contributed by atoms with Gasteiger partial charge in [-0.1, -0.05) is 0 Å². The maximum Gasteiger partial charge on any atom is 0.331 e. The quantitative estimate of drug-likeness (QED) is 0.735. The van der Waals surface area contributed by atoms with Crippen LogP contribution in [0.15, 0.2) is 12.4 Å². The number of hydrogen-bond acceptors (Lipinski definition) is 5. The van der Waals surface area contributed by atoms with Crippen molar-refractivity contribution < 1.29 is 14.7 Å². The summed E-state index contributed by atoms with van der Waals surface area (Å²) in [5.74, 6) is 2.14. The van der Waals surface area contributed by atoms with Crippen molar-refractivity contribution in [1.29, 1.82) is 0 Å². The van der Waals surface area contributed by atoms with Gasteiger partial charge in [0.15, 0.2) is 6.04 Å². The number of hydrogen-bond donors (Lipinski definition) is 3. The van der Waals surface area contributed by atoms with E-state index in [-0.39, 0.29) is 0 Å². The molecule has 1 aliphatic rings. The van der Waals surface area contributed by atoms with E-state index < -0.39 is 18.0 Å². The molecule has 9 heteroatoms. The van der Waals surface area contributed by atoms with Crippen LogP contribution in [0.2, 0.25) is 0 Å². The third-order valence-corrected chi connectivity index (χ3v) is 5.80. The lowest BCUT2D eigenvalue weighted by atomic mass is 10.1. The van der Waals surface area contributed by atoms with Crippen molar-refractivity contribution in [1.82, 2.24) is 20.4 Å². The van der Waals surface area contributed by atoms with Crippen molar-refractivity contribution in [3.8, 4) is 0 Å². The van der Waals surface area contributed by atoms with E-state index in [1.54, 1.807) is 13.2 Å². The molecule has 0 aromatic carbocycles. The first-order valence-electron chi connectivity index (χ1n) is 6.51. The van der Waals surface area contributed by atoms with Gasteiger partial charge < -0.3 is 15.7 Å². The molecule has 1 aromatic rings. The van der Waals surface area contributed by atoms with E-state index in [0.717, 1.165) is 17.3 Å². The highest BCUT2D eigenvalue weighted by molar-refractivity contribution is 8.06. The number of aryl methyl sites for hydroxylation is 1. The standard InChI is InChI=1S/C12H18N4O3S2/c1-16-6-8(4-14-16)10(11(17)18)15-12(19)13-5-9-7-20-2-3-21-9/h4,6,9-10H,2-3,5,7H2,1H3,(H,17,18)(H2,13,15,19). The third kappa shape index (κ3) is 4.85. The average molecular weight is 330 g/mol. The van der Waals surface area contributed by atoms with Gasteiger partial charge in [-0.3, -0.25) is 4.68 Å². The molecule has 0 radical (unpaired) electrons. The summed E-state index contributed by atoms with van der Waals surface area (Å²) in [5, 5.41) is 18.7. The number of carboxylic acid groups (broad SMARTS) is 1. The van der Waals surface area contributed by atoms with E-state index in [1.807, 2.05) is 23.5 Å². The fourth-order valence-electron chi connectivity index (χ4n) is 1.92. The first-order chi connectivity index (χ1) is 10.1. The number of nitrogens with zero attached hydrogens (tertiary/aromatic N) is 2. The summed E-state index contributed by atoms with van der Waals surface area (Å²) in [6.45, 7) is 0.545. The van der Waals surface area contributed by atoms with Gasteiger partial charge in [-0.05, 0) is 0 Å². The molecule has 2 amide bonds. The fraction of sp³-hybridized carbons (Fsp3) is 0.583. The molecule has 2 rings (SSSR count). The van der Waals surface area contributed by atoms with Crippen LogP contribution < -0.4 is 10.6 Å². The molecule has 3 N–H and O–H groups in total. The fourth-order valence-corrected chi connectivity index (χ4v) is 4.53. The van der Waals surface area contributed by atoms with Crippen LogP contribution in [0.3, 0.4) is 0 Å². The Bertz CT molecular complexity index is 502. The SMILES string of the molecule is Cn1cc(C(NC(=O)NCC2CSCCS2)C(=O)O)cn1. The number of carboxylic acids is 1. The minimum absolute atomic E-state index is 0.385. The molecule has 0 aliphatic carbocycles. The van der Waals surface area contributed by atoms with E-state index >= 15 is 0 Å². The summed E-state index contributed by atoms with van der Waals surface area (Å²) in [4.78, 5) is 23.1. The zero-order valence-electron chi connectivity index (χ0n) is 11.6. The number of aliphatic carboxylic acids is 1. The molecule has 0 saturated carbocycles. The van der Waals surface area contributed by atoms with Crippen molar-refractivity contribution >= 4 is 35.5 Å². The second-order valence-corrected chi connectivity index (χ2v) is 7.20. The number of thioether (sulfide) groups is 2. The summed E-state index contributed by atoms with van der Waals surface area (Å²) < 4.78 is 1.50. The molecule has 2 atom stereocenters. The molecule has 21 heavy (non-hydrogen) atoms. The number of rotatable bonds is 5. The smallest absolute Gasteiger partial charge is 0.331 e. The molecule has 1 aromatic heterocycles. The van der Waals surface area contributed by atoms with Gasteiger partial charge in [0, 0.05) is 47.9 Å². The van der Waals surface area contributed by atoms with Crippen LogP contribution in [0.5, 0.6) is 0 Å². The number of aromatic nitrogens is 2. The van der Waals surface area contributed by atoms with Crippen LogP contribution in [0, 0.1) is 0 Å². The zero-order chi connectivity index (χ0) is 15.2. The van der Waals surface area contributed by atoms with Crippen LogP contribution >= 0.6 is 23.5 Å². The van der Waals surface area contributed by atoms with Gasteiger partial charge in [-0.25, -0.2) is 9.59 Å². The summed E-state index contributed by atoms with van der Waals surface area (Å²) in [5.41, 5.74) is 0.447. The highest BCUT2D eigenvalue weighted by Gasteiger charge is 2.24. The van der Waals surface area contributed by atoms with Gasteiger partial charge >= 0.3 is 12.0 Å². The number of urea groups is 1. The third-order valence-electron chi connectivity index (χ3n) is 2.96. The van der Waals surface area contributed by atoms with Crippen molar-refractivity contribution in [3.05, 3.63) is 18.0 Å². The van der Waals surface area contributed by atoms with Gasteiger partial charge in [0.1, 0.15) is 0 Å². The van der Waals surface area contributed by atoms with Crippen molar-refractivity contribution in [2.75, 3.05) is 23.8 Å². The summed E-state index contributed by atoms with van der Waals surface area (Å²) in [6, 6.07) is -1.56. The highest BCUT2D eigenvalue weighted by atomic mass is 32.2. The Morgan fingerprint density at radius 1 is 1.57 bits per heavy atom. The van der Waals surface area contributed by atoms with Gasteiger partial charge in [-0.2, -0.15) is 28.6 Å². The summed E-state index contributed by atoms with van der Waals surface area (Å²) >= 11 is 3.71. The van der Waals surface area contributed by atoms with E-state index in [2.05, 4.69) is 15.7 Å². The Kier molecular flexibility index (Phi) is 5.80. The Labute approximate surface area is 131 Å². The Balaban J connectivity index is 1.85. The number of carbonyl (C=O) groups excluding carboxylic acids is 1. The Hall–Kier alpha value is -1.35. The Morgan fingerprint density at radius 2 is 2.38 bits per heavy atom. The van der Waals surface area contributed by atoms with E-state index in [9.17, 15) is 14.7 Å². The molecular weight excluding hydrogens is 312 g/mol. The monoisotopic (exact) mass is 330 g/mol. The maximum absolute atomic E-state index is 11.9. The van der Waals surface area contributed by atoms with E-state index in [0.29, 0.717) is 17.4 Å². The molecule has 7 nitrogen and oxygen atoms in total. The average Bonchev–Trinajstić information content (AvgIpc) is 2.89. The lowest BCUT2D eigenvalue weighted by Gasteiger charge is -2.21. The predicted octanol–water partition coefficient (Wildman–Crippen LogP) is 0.694. The molecule has 2 heterocycles. The number of nitrogens with one attached hydrogen (secondary N) is 2. The molecule has 1 aliphatic heterocycles. The van der Waals surface area contributed by atoms with E-state index in [1.165, 1.54) is 10.9 Å². The van der Waals surface area contributed by atoms with Crippen LogP contribution in [-0.4, -0.2) is 55.9 Å². The number of amides is 2. The summed E-state index contributed by atoms with van der Waals surface area (Å²) in [7, 11) is 1.69. The second kappa shape index (κ2) is 7.60. The maximum atomic E-state index is 11.9. The normalized spacial score (nSPS) is 19.8. The van der Waals surface area contributed by atoms with Crippen LogP contribution in [-0.2, 0) is 11.8 Å². The van der Waals surface area contributed by atoms with Crippen LogP contribution in [0.4, 0.5) is 4.79 Å². The minimum atomic E-state index is -1.11. The lowest BCUT2D eigenvalue weighted by molar-refractivity contribution is -0.139. The van der Waals surface area contributed by atoms with Gasteiger partial charge in [-0.15, -0.1) is 0 Å². The predicted molar refractivity (Wildman–Crippen MR) is 83.7 cm³/mol. The first kappa shape index (κ1) is 16.0. The molecule has 1 fully saturated rings. The van der Waals surface area contributed by atoms with Crippen molar-refractivity contribution in [2.45, 2.75) is 11.3 Å². The molecular formula is C12H18N4O3S2.